The lowest BCUT2D eigenvalue weighted by molar-refractivity contribution is 0.0993. The molecule has 0 bridgehead atoms. The fourth-order valence-corrected chi connectivity index (χ4v) is 3.71. The summed E-state index contributed by atoms with van der Waals surface area (Å²) in [5.74, 6) is 0. The minimum atomic E-state index is -1.50. The highest BCUT2D eigenvalue weighted by Gasteiger charge is 2.29. The zero-order chi connectivity index (χ0) is 11.7. The molecule has 1 nitrogen and oxygen atoms in total. The fraction of sp³-hybridized carbons (Fsp3) is 0.538. The normalized spacial score (nSPS) is 12.9. The molecule has 0 N–H and O–H groups in total. The minimum Gasteiger partial charge on any atom is -0.409 e. The van der Waals surface area contributed by atoms with Crippen LogP contribution in [0.25, 0.3) is 0 Å². The Kier molecular flexibility index (Phi) is 3.41. The van der Waals surface area contributed by atoms with Gasteiger partial charge in [0.2, 0.25) is 0 Å². The summed E-state index contributed by atoms with van der Waals surface area (Å²) in [5, 5.41) is 0. The van der Waals surface area contributed by atoms with Gasteiger partial charge in [-0.1, -0.05) is 24.3 Å². The Morgan fingerprint density at radius 1 is 1.07 bits per heavy atom. The molecule has 0 radical (unpaired) electrons. The van der Waals surface area contributed by atoms with Crippen LogP contribution in [0.3, 0.4) is 0 Å². The Hall–Kier alpha value is -0.603. The van der Waals surface area contributed by atoms with E-state index in [9.17, 15) is 0 Å². The molecule has 0 aromatic heterocycles. The van der Waals surface area contributed by atoms with Gasteiger partial charge in [0.05, 0.1) is 5.60 Å². The molecule has 0 aliphatic heterocycles. The lowest BCUT2D eigenvalue weighted by Gasteiger charge is -2.34. The first-order valence-corrected chi connectivity index (χ1v) is 8.89. The quantitative estimate of drug-likeness (QED) is 0.700. The number of aryl methyl sites for hydroxylation is 1. The van der Waals surface area contributed by atoms with E-state index in [4.69, 9.17) is 4.43 Å². The van der Waals surface area contributed by atoms with Crippen LogP contribution < -0.4 is 0 Å². The third kappa shape index (κ3) is 3.47. The second-order valence-corrected chi connectivity index (χ2v) is 9.97. The number of hydrogen-bond acceptors (Lipinski definition) is 1. The summed E-state index contributed by atoms with van der Waals surface area (Å²) in [7, 11) is -1.50. The van der Waals surface area contributed by atoms with Crippen molar-refractivity contribution in [1.29, 1.82) is 0 Å². The maximum absolute atomic E-state index is 6.23. The summed E-state index contributed by atoms with van der Waals surface area (Å²) in [6.07, 6.45) is 0. The molecular formula is C13H22OSi. The van der Waals surface area contributed by atoms with Crippen molar-refractivity contribution in [3.05, 3.63) is 35.4 Å². The Bertz CT molecular complexity index is 337. The van der Waals surface area contributed by atoms with Gasteiger partial charge in [0.25, 0.3) is 0 Å². The van der Waals surface area contributed by atoms with Gasteiger partial charge < -0.3 is 4.43 Å². The van der Waals surface area contributed by atoms with Gasteiger partial charge in [-0.15, -0.1) is 0 Å². The zero-order valence-corrected chi connectivity index (χ0v) is 11.7. The van der Waals surface area contributed by atoms with E-state index in [1.807, 2.05) is 0 Å². The van der Waals surface area contributed by atoms with Gasteiger partial charge in [-0.2, -0.15) is 0 Å². The molecule has 0 fully saturated rings. The molecule has 0 heterocycles. The summed E-state index contributed by atoms with van der Waals surface area (Å²) in [4.78, 5) is 0. The maximum Gasteiger partial charge on any atom is 0.184 e. The van der Waals surface area contributed by atoms with Crippen molar-refractivity contribution in [3.8, 4) is 0 Å². The highest BCUT2D eigenvalue weighted by atomic mass is 28.4. The van der Waals surface area contributed by atoms with Gasteiger partial charge in [0.15, 0.2) is 8.32 Å². The number of benzene rings is 1. The third-order valence-corrected chi connectivity index (χ3v) is 3.48. The molecule has 1 aromatic carbocycles. The highest BCUT2D eigenvalue weighted by molar-refractivity contribution is 6.69. The molecule has 0 amide bonds. The van der Waals surface area contributed by atoms with E-state index in [1.54, 1.807) is 0 Å². The molecule has 2 heteroatoms. The molecule has 0 saturated carbocycles. The summed E-state index contributed by atoms with van der Waals surface area (Å²) < 4.78 is 6.23. The van der Waals surface area contributed by atoms with Crippen LogP contribution in [0, 0.1) is 6.92 Å². The highest BCUT2D eigenvalue weighted by Crippen LogP contribution is 2.30. The summed E-state index contributed by atoms with van der Waals surface area (Å²) >= 11 is 0. The van der Waals surface area contributed by atoms with Crippen LogP contribution in [-0.4, -0.2) is 8.32 Å². The molecule has 1 rings (SSSR count). The maximum atomic E-state index is 6.23. The Morgan fingerprint density at radius 3 is 2.07 bits per heavy atom. The summed E-state index contributed by atoms with van der Waals surface area (Å²) in [5.41, 5.74) is 2.43. The van der Waals surface area contributed by atoms with Crippen LogP contribution in [-0.2, 0) is 10.0 Å². The molecule has 0 atom stereocenters. The standard InChI is InChI=1S/C13H22OSi/c1-11-9-7-8-10-12(11)13(2,3)14-15(4,5)6/h7-10H,1-6H3. The lowest BCUT2D eigenvalue weighted by atomic mass is 9.94. The molecule has 1 aromatic rings. The largest absolute Gasteiger partial charge is 0.409 e. The first-order valence-electron chi connectivity index (χ1n) is 5.49. The van der Waals surface area contributed by atoms with Crippen molar-refractivity contribution >= 4 is 8.32 Å². The molecule has 84 valence electrons. The van der Waals surface area contributed by atoms with E-state index in [2.05, 4.69) is 64.7 Å². The van der Waals surface area contributed by atoms with Crippen LogP contribution in [0.5, 0.6) is 0 Å². The predicted molar refractivity (Wildman–Crippen MR) is 68.6 cm³/mol. The molecule has 0 unspecified atom stereocenters. The Labute approximate surface area is 94.6 Å². The first-order chi connectivity index (χ1) is 6.72. The minimum absolute atomic E-state index is 0.171. The van der Waals surface area contributed by atoms with Crippen molar-refractivity contribution in [2.75, 3.05) is 0 Å². The van der Waals surface area contributed by atoms with Crippen LogP contribution in [0.2, 0.25) is 19.6 Å². The first kappa shape index (κ1) is 12.5. The van der Waals surface area contributed by atoms with Crippen molar-refractivity contribution in [3.63, 3.8) is 0 Å². The second kappa shape index (κ2) is 4.10. The third-order valence-electron chi connectivity index (χ3n) is 2.36. The summed E-state index contributed by atoms with van der Waals surface area (Å²) in [6.45, 7) is 13.2. The van der Waals surface area contributed by atoms with Gasteiger partial charge >= 0.3 is 0 Å². The SMILES string of the molecule is Cc1ccccc1C(C)(C)O[Si](C)(C)C. The topological polar surface area (TPSA) is 9.23 Å². The molecule has 0 spiro atoms. The fourth-order valence-electron chi connectivity index (χ4n) is 2.07. The smallest absolute Gasteiger partial charge is 0.184 e. The van der Waals surface area contributed by atoms with Gasteiger partial charge in [0, 0.05) is 0 Å². The van der Waals surface area contributed by atoms with Gasteiger partial charge in [-0.3, -0.25) is 0 Å². The molecule has 0 aliphatic rings. The van der Waals surface area contributed by atoms with Crippen molar-refractivity contribution < 1.29 is 4.43 Å². The predicted octanol–water partition coefficient (Wildman–Crippen LogP) is 4.08. The van der Waals surface area contributed by atoms with Crippen LogP contribution in [0.1, 0.15) is 25.0 Å². The molecule has 0 saturated heterocycles. The summed E-state index contributed by atoms with van der Waals surface area (Å²) in [6, 6.07) is 8.46. The van der Waals surface area contributed by atoms with Crippen molar-refractivity contribution in [1.82, 2.24) is 0 Å². The number of hydrogen-bond donors (Lipinski definition) is 0. The Morgan fingerprint density at radius 2 is 1.60 bits per heavy atom. The van der Waals surface area contributed by atoms with Crippen LogP contribution in [0.15, 0.2) is 24.3 Å². The average molecular weight is 222 g/mol. The van der Waals surface area contributed by atoms with E-state index in [0.29, 0.717) is 0 Å². The monoisotopic (exact) mass is 222 g/mol. The molecule has 15 heavy (non-hydrogen) atoms. The zero-order valence-electron chi connectivity index (χ0n) is 10.7. The van der Waals surface area contributed by atoms with Crippen LogP contribution >= 0.6 is 0 Å². The average Bonchev–Trinajstić information content (AvgIpc) is 1.99. The van der Waals surface area contributed by atoms with Gasteiger partial charge in [-0.25, -0.2) is 0 Å². The second-order valence-electron chi connectivity index (χ2n) is 5.54. The van der Waals surface area contributed by atoms with Gasteiger partial charge in [0.1, 0.15) is 0 Å². The Balaban J connectivity index is 3.01. The van der Waals surface area contributed by atoms with Gasteiger partial charge in [-0.05, 0) is 51.5 Å². The van der Waals surface area contributed by atoms with E-state index in [0.717, 1.165) is 0 Å². The number of rotatable bonds is 3. The van der Waals surface area contributed by atoms with E-state index in [1.165, 1.54) is 11.1 Å². The van der Waals surface area contributed by atoms with Crippen molar-refractivity contribution in [2.24, 2.45) is 0 Å². The van der Waals surface area contributed by atoms with Crippen molar-refractivity contribution in [2.45, 2.75) is 46.0 Å². The lowest BCUT2D eigenvalue weighted by Crippen LogP contribution is -2.36. The van der Waals surface area contributed by atoms with E-state index in [-0.39, 0.29) is 5.60 Å². The molecule has 0 aliphatic carbocycles. The van der Waals surface area contributed by atoms with E-state index < -0.39 is 8.32 Å². The van der Waals surface area contributed by atoms with Crippen LogP contribution in [0.4, 0.5) is 0 Å². The molecular weight excluding hydrogens is 200 g/mol. The van der Waals surface area contributed by atoms with E-state index >= 15 is 0 Å².